The van der Waals surface area contributed by atoms with E-state index in [0.717, 1.165) is 29.5 Å². The van der Waals surface area contributed by atoms with Crippen molar-refractivity contribution in [1.29, 1.82) is 0 Å². The molecule has 1 saturated carbocycles. The second-order valence-electron chi connectivity index (χ2n) is 7.27. The minimum absolute atomic E-state index is 0.00667. The third-order valence-electron chi connectivity index (χ3n) is 5.17. The van der Waals surface area contributed by atoms with Gasteiger partial charge in [-0.05, 0) is 50.0 Å². The summed E-state index contributed by atoms with van der Waals surface area (Å²) in [6.07, 6.45) is 1.07. The molecule has 5 nitrogen and oxygen atoms in total. The quantitative estimate of drug-likeness (QED) is 0.839. The van der Waals surface area contributed by atoms with E-state index < -0.39 is 12.8 Å². The number of hydrogen-bond acceptors (Lipinski definition) is 5. The summed E-state index contributed by atoms with van der Waals surface area (Å²) in [4.78, 5) is 10.6. The molecule has 2 aromatic heterocycles. The van der Waals surface area contributed by atoms with Crippen LogP contribution in [0, 0.1) is 6.92 Å². The number of alkyl halides is 3. The molecular weight excluding hydrogens is 369 g/mol. The fourth-order valence-electron chi connectivity index (χ4n) is 3.62. The number of aromatic nitrogens is 2. The Hall–Kier alpha value is -2.77. The SMILES string of the molecule is Cc1cc(C(C)N2Cc3c(ccnc3N)C2=C2CC2)cnc1OCC(F)(F)F. The number of pyridine rings is 2. The van der Waals surface area contributed by atoms with Gasteiger partial charge in [-0.15, -0.1) is 0 Å². The van der Waals surface area contributed by atoms with Crippen LogP contribution in [0.1, 0.15) is 48.1 Å². The van der Waals surface area contributed by atoms with Gasteiger partial charge in [-0.25, -0.2) is 9.97 Å². The molecule has 0 aromatic carbocycles. The fraction of sp³-hybridized carbons (Fsp3) is 0.400. The number of nitrogens with two attached hydrogens (primary N) is 1. The number of halogens is 3. The zero-order valence-electron chi connectivity index (χ0n) is 15.7. The Balaban J connectivity index is 1.60. The molecule has 4 rings (SSSR count). The fourth-order valence-corrected chi connectivity index (χ4v) is 3.62. The maximum atomic E-state index is 12.4. The molecule has 0 amide bonds. The van der Waals surface area contributed by atoms with Gasteiger partial charge in [0.05, 0.1) is 6.04 Å². The highest BCUT2D eigenvalue weighted by Gasteiger charge is 2.35. The maximum Gasteiger partial charge on any atom is 0.422 e. The lowest BCUT2D eigenvalue weighted by Gasteiger charge is -2.29. The summed E-state index contributed by atoms with van der Waals surface area (Å²) in [5.74, 6) is 0.545. The predicted octanol–water partition coefficient (Wildman–Crippen LogP) is 4.39. The van der Waals surface area contributed by atoms with Crippen molar-refractivity contribution < 1.29 is 17.9 Å². The van der Waals surface area contributed by atoms with E-state index in [9.17, 15) is 13.2 Å². The van der Waals surface area contributed by atoms with Crippen LogP contribution >= 0.6 is 0 Å². The number of hydrogen-bond donors (Lipinski definition) is 1. The number of anilines is 1. The standard InChI is InChI=1S/C20H21F3N4O/c1-11-7-14(8-26-19(11)28-10-20(21,22)23)12(2)27-9-16-15(5-6-25-18(16)24)17(27)13-3-4-13/h5-8,12H,3-4,9-10H2,1-2H3,(H2,24,25). The van der Waals surface area contributed by atoms with Gasteiger partial charge in [-0.3, -0.25) is 0 Å². The van der Waals surface area contributed by atoms with Crippen molar-refractivity contribution >= 4 is 11.5 Å². The van der Waals surface area contributed by atoms with E-state index in [4.69, 9.17) is 10.5 Å². The third-order valence-corrected chi connectivity index (χ3v) is 5.17. The minimum Gasteiger partial charge on any atom is -0.468 e. The summed E-state index contributed by atoms with van der Waals surface area (Å²) < 4.78 is 42.0. The van der Waals surface area contributed by atoms with E-state index in [1.165, 1.54) is 11.3 Å². The van der Waals surface area contributed by atoms with Gasteiger partial charge < -0.3 is 15.4 Å². The van der Waals surface area contributed by atoms with Crippen LogP contribution in [0.5, 0.6) is 5.88 Å². The molecule has 0 radical (unpaired) electrons. The number of ether oxygens (including phenoxy) is 1. The average molecular weight is 390 g/mol. The van der Waals surface area contributed by atoms with Crippen LogP contribution in [0.4, 0.5) is 19.0 Å². The predicted molar refractivity (Wildman–Crippen MR) is 99.3 cm³/mol. The van der Waals surface area contributed by atoms with Crippen molar-refractivity contribution in [2.75, 3.05) is 12.3 Å². The second kappa shape index (κ2) is 6.68. The van der Waals surface area contributed by atoms with Crippen LogP contribution in [0.3, 0.4) is 0 Å². The van der Waals surface area contributed by atoms with Crippen molar-refractivity contribution in [1.82, 2.24) is 14.9 Å². The molecule has 2 aromatic rings. The highest BCUT2D eigenvalue weighted by molar-refractivity contribution is 5.78. The molecule has 2 aliphatic rings. The summed E-state index contributed by atoms with van der Waals surface area (Å²) in [6.45, 7) is 3.07. The normalized spacial score (nSPS) is 17.0. The number of fused-ring (bicyclic) bond motifs is 1. The summed E-state index contributed by atoms with van der Waals surface area (Å²) >= 11 is 0. The average Bonchev–Trinajstić information content (AvgIpc) is 3.39. The summed E-state index contributed by atoms with van der Waals surface area (Å²) in [5, 5.41) is 0. The molecule has 1 atom stereocenters. The first-order valence-corrected chi connectivity index (χ1v) is 9.13. The monoisotopic (exact) mass is 390 g/mol. The largest absolute Gasteiger partial charge is 0.468 e. The van der Waals surface area contributed by atoms with Gasteiger partial charge in [0, 0.05) is 41.3 Å². The van der Waals surface area contributed by atoms with Crippen LogP contribution in [0.2, 0.25) is 0 Å². The Kier molecular flexibility index (Phi) is 4.44. The van der Waals surface area contributed by atoms with E-state index in [1.807, 2.05) is 12.1 Å². The molecule has 3 heterocycles. The maximum absolute atomic E-state index is 12.4. The summed E-state index contributed by atoms with van der Waals surface area (Å²) in [6, 6.07) is 3.82. The number of nitrogens with zero attached hydrogens (tertiary/aromatic N) is 3. The molecule has 1 aliphatic heterocycles. The van der Waals surface area contributed by atoms with Gasteiger partial charge >= 0.3 is 6.18 Å². The number of allylic oxidation sites excluding steroid dienone is 1. The Labute approximate surface area is 161 Å². The number of aryl methyl sites for hydroxylation is 1. The van der Waals surface area contributed by atoms with Crippen molar-refractivity contribution in [2.45, 2.75) is 45.5 Å². The lowest BCUT2D eigenvalue weighted by Crippen LogP contribution is -2.22. The van der Waals surface area contributed by atoms with E-state index in [0.29, 0.717) is 17.9 Å². The minimum atomic E-state index is -4.39. The van der Waals surface area contributed by atoms with Gasteiger partial charge in [0.15, 0.2) is 6.61 Å². The molecule has 1 unspecified atom stereocenters. The van der Waals surface area contributed by atoms with Crippen LogP contribution in [-0.4, -0.2) is 27.7 Å². The lowest BCUT2D eigenvalue weighted by atomic mass is 10.1. The molecule has 1 fully saturated rings. The van der Waals surface area contributed by atoms with Crippen molar-refractivity contribution in [3.05, 3.63) is 52.4 Å². The van der Waals surface area contributed by atoms with Crippen LogP contribution in [0.25, 0.3) is 5.70 Å². The van der Waals surface area contributed by atoms with E-state index in [1.54, 1.807) is 19.3 Å². The molecular formula is C20H21F3N4O. The smallest absolute Gasteiger partial charge is 0.422 e. The highest BCUT2D eigenvalue weighted by Crippen LogP contribution is 2.48. The molecule has 1 aliphatic carbocycles. The Morgan fingerprint density at radius 1 is 1.29 bits per heavy atom. The van der Waals surface area contributed by atoms with E-state index >= 15 is 0 Å². The van der Waals surface area contributed by atoms with Crippen molar-refractivity contribution in [2.24, 2.45) is 0 Å². The first-order chi connectivity index (χ1) is 13.2. The van der Waals surface area contributed by atoms with Gasteiger partial charge in [0.1, 0.15) is 5.82 Å². The molecule has 148 valence electrons. The summed E-state index contributed by atoms with van der Waals surface area (Å²) in [7, 11) is 0. The van der Waals surface area contributed by atoms with Gasteiger partial charge in [0.2, 0.25) is 5.88 Å². The Morgan fingerprint density at radius 3 is 2.68 bits per heavy atom. The molecule has 0 spiro atoms. The van der Waals surface area contributed by atoms with Gasteiger partial charge in [-0.1, -0.05) is 0 Å². The highest BCUT2D eigenvalue weighted by atomic mass is 19.4. The molecule has 8 heteroatoms. The molecule has 0 saturated heterocycles. The topological polar surface area (TPSA) is 64.3 Å². The summed E-state index contributed by atoms with van der Waals surface area (Å²) in [5.41, 5.74) is 12.3. The Bertz CT molecular complexity index is 949. The van der Waals surface area contributed by atoms with Crippen molar-refractivity contribution in [3.63, 3.8) is 0 Å². The first kappa shape index (κ1) is 18.6. The molecule has 28 heavy (non-hydrogen) atoms. The molecule has 0 bridgehead atoms. The second-order valence-corrected chi connectivity index (χ2v) is 7.27. The zero-order valence-corrected chi connectivity index (χ0v) is 15.7. The number of rotatable bonds is 4. The van der Waals surface area contributed by atoms with Crippen LogP contribution in [-0.2, 0) is 6.54 Å². The van der Waals surface area contributed by atoms with E-state index in [-0.39, 0.29) is 11.9 Å². The van der Waals surface area contributed by atoms with Crippen LogP contribution in [0.15, 0.2) is 30.1 Å². The molecule has 2 N–H and O–H groups in total. The lowest BCUT2D eigenvalue weighted by molar-refractivity contribution is -0.154. The zero-order chi connectivity index (χ0) is 20.1. The Morgan fingerprint density at radius 2 is 2.04 bits per heavy atom. The number of nitrogen functional groups attached to an aromatic ring is 1. The van der Waals surface area contributed by atoms with E-state index in [2.05, 4.69) is 21.8 Å². The van der Waals surface area contributed by atoms with Gasteiger partial charge in [0.25, 0.3) is 0 Å². The van der Waals surface area contributed by atoms with Crippen molar-refractivity contribution in [3.8, 4) is 5.88 Å². The van der Waals surface area contributed by atoms with Crippen LogP contribution < -0.4 is 10.5 Å². The third kappa shape index (κ3) is 3.50. The van der Waals surface area contributed by atoms with Gasteiger partial charge in [-0.2, -0.15) is 13.2 Å². The first-order valence-electron chi connectivity index (χ1n) is 9.13.